The fraction of sp³-hybridized carbons (Fsp3) is 0.286. The molecule has 8 nitrogen and oxygen atoms in total. The molecule has 0 aliphatic carbocycles. The lowest BCUT2D eigenvalue weighted by Gasteiger charge is -2.39. The lowest BCUT2D eigenvalue weighted by molar-refractivity contribution is -0.260. The number of nitriles is 1. The van der Waals surface area contributed by atoms with Gasteiger partial charge in [0.1, 0.15) is 17.1 Å². The summed E-state index contributed by atoms with van der Waals surface area (Å²) >= 11 is 0. The molecule has 12 heteroatoms. The van der Waals surface area contributed by atoms with E-state index in [9.17, 15) is 26.9 Å². The first-order valence-corrected chi connectivity index (χ1v) is 11.1. The van der Waals surface area contributed by atoms with Crippen LogP contribution in [0.5, 0.6) is 0 Å². The predicted octanol–water partition coefficient (Wildman–Crippen LogP) is 3.31. The minimum atomic E-state index is -4.78. The second kappa shape index (κ2) is 8.58. The van der Waals surface area contributed by atoms with Gasteiger partial charge in [-0.1, -0.05) is 17.7 Å². The predicted molar refractivity (Wildman–Crippen MR) is 111 cm³/mol. The lowest BCUT2D eigenvalue weighted by atomic mass is 10.1. The first kappa shape index (κ1) is 22.9. The maximum Gasteiger partial charge on any atom is 0.416 e. The Balaban J connectivity index is 1.70. The van der Waals surface area contributed by atoms with Gasteiger partial charge in [-0.15, -0.1) is 0 Å². The minimum Gasteiger partial charge on any atom is -0.362 e. The van der Waals surface area contributed by atoms with Gasteiger partial charge < -0.3 is 9.64 Å². The number of aryl methyl sites for hydroxylation is 1. The van der Waals surface area contributed by atoms with Crippen molar-refractivity contribution in [3.63, 3.8) is 0 Å². The zero-order chi connectivity index (χ0) is 23.8. The average molecular weight is 478 g/mol. The number of benzene rings is 2. The minimum absolute atomic E-state index is 0.202. The highest BCUT2D eigenvalue weighted by Gasteiger charge is 2.47. The molecule has 0 N–H and O–H groups in total. The summed E-state index contributed by atoms with van der Waals surface area (Å²) in [5.74, 6) is 0. The van der Waals surface area contributed by atoms with Gasteiger partial charge in [-0.3, -0.25) is 9.97 Å². The van der Waals surface area contributed by atoms with Crippen molar-refractivity contribution < 1.29 is 30.5 Å². The largest absolute Gasteiger partial charge is 0.416 e. The molecule has 0 saturated carbocycles. The normalized spacial score (nSPS) is 19.4. The summed E-state index contributed by atoms with van der Waals surface area (Å²) in [6.07, 6.45) is -6.11. The molecule has 0 bridgehead atoms. The van der Waals surface area contributed by atoms with Crippen LogP contribution in [0.25, 0.3) is 11.0 Å². The summed E-state index contributed by atoms with van der Waals surface area (Å²) in [5.41, 5.74) is 1.69. The molecule has 4 rings (SSSR count). The first-order valence-electron chi connectivity index (χ1n) is 9.69. The van der Waals surface area contributed by atoms with E-state index in [1.165, 1.54) is 41.6 Å². The molecule has 0 unspecified atom stereocenters. The van der Waals surface area contributed by atoms with Gasteiger partial charge in [0.2, 0.25) is 0 Å². The molecule has 2 heterocycles. The van der Waals surface area contributed by atoms with Gasteiger partial charge in [-0.25, -0.2) is 4.18 Å². The number of rotatable bonds is 4. The summed E-state index contributed by atoms with van der Waals surface area (Å²) in [4.78, 5) is 9.35. The number of halogens is 3. The molecular formula is C21H17F3N4O4S. The maximum atomic E-state index is 13.6. The van der Waals surface area contributed by atoms with Crippen LogP contribution in [0.2, 0.25) is 0 Å². The van der Waals surface area contributed by atoms with Crippen molar-refractivity contribution in [3.8, 4) is 6.07 Å². The summed E-state index contributed by atoms with van der Waals surface area (Å²) in [7, 11) is -4.39. The van der Waals surface area contributed by atoms with E-state index < -0.39 is 35.2 Å². The Bertz CT molecular complexity index is 1320. The zero-order valence-electron chi connectivity index (χ0n) is 17.2. The van der Waals surface area contributed by atoms with Gasteiger partial charge in [0, 0.05) is 12.4 Å². The van der Waals surface area contributed by atoms with Crippen molar-refractivity contribution in [3.05, 3.63) is 59.9 Å². The van der Waals surface area contributed by atoms with Crippen molar-refractivity contribution >= 4 is 26.8 Å². The SMILES string of the molecule is Cc1ccc(S(=O)(=O)O[C@@H]2CN(c3ccc(C#N)c4nccnc34)C[C@H](C(F)(F)F)O2)cc1. The second-order valence-electron chi connectivity index (χ2n) is 7.36. The highest BCUT2D eigenvalue weighted by Crippen LogP contribution is 2.34. The maximum absolute atomic E-state index is 13.6. The number of anilines is 1. The molecule has 33 heavy (non-hydrogen) atoms. The highest BCUT2D eigenvalue weighted by molar-refractivity contribution is 7.86. The Morgan fingerprint density at radius 2 is 1.76 bits per heavy atom. The van der Waals surface area contributed by atoms with E-state index in [-0.39, 0.29) is 33.7 Å². The number of ether oxygens (including phenoxy) is 1. The molecule has 1 saturated heterocycles. The van der Waals surface area contributed by atoms with Crippen molar-refractivity contribution in [2.24, 2.45) is 0 Å². The van der Waals surface area contributed by atoms with Crippen LogP contribution in [-0.2, 0) is 19.0 Å². The van der Waals surface area contributed by atoms with Gasteiger partial charge in [0.15, 0.2) is 12.4 Å². The molecular weight excluding hydrogens is 461 g/mol. The number of morpholine rings is 1. The molecule has 0 amide bonds. The Morgan fingerprint density at radius 1 is 1.09 bits per heavy atom. The van der Waals surface area contributed by atoms with Crippen molar-refractivity contribution in [1.29, 1.82) is 5.26 Å². The van der Waals surface area contributed by atoms with E-state index >= 15 is 0 Å². The fourth-order valence-electron chi connectivity index (χ4n) is 3.44. The van der Waals surface area contributed by atoms with Crippen LogP contribution < -0.4 is 4.90 Å². The van der Waals surface area contributed by atoms with E-state index in [1.54, 1.807) is 19.1 Å². The number of nitrogens with zero attached hydrogens (tertiary/aromatic N) is 4. The van der Waals surface area contributed by atoms with Gasteiger partial charge in [-0.05, 0) is 31.2 Å². The Kier molecular flexibility index (Phi) is 5.96. The third kappa shape index (κ3) is 4.75. The fourth-order valence-corrected chi connectivity index (χ4v) is 4.41. The van der Waals surface area contributed by atoms with E-state index in [4.69, 9.17) is 8.92 Å². The van der Waals surface area contributed by atoms with Crippen molar-refractivity contribution in [2.75, 3.05) is 18.0 Å². The third-order valence-corrected chi connectivity index (χ3v) is 6.36. The molecule has 1 aromatic heterocycles. The highest BCUT2D eigenvalue weighted by atomic mass is 32.2. The number of aromatic nitrogens is 2. The van der Waals surface area contributed by atoms with Crippen LogP contribution in [0.1, 0.15) is 11.1 Å². The van der Waals surface area contributed by atoms with E-state index in [1.807, 2.05) is 6.07 Å². The van der Waals surface area contributed by atoms with E-state index in [2.05, 4.69) is 9.97 Å². The molecule has 0 spiro atoms. The summed E-state index contributed by atoms with van der Waals surface area (Å²) < 4.78 is 76.2. The molecule has 2 atom stereocenters. The molecule has 3 aromatic rings. The topological polar surface area (TPSA) is 105 Å². The van der Waals surface area contributed by atoms with Crippen LogP contribution in [0.4, 0.5) is 18.9 Å². The van der Waals surface area contributed by atoms with E-state index in [0.717, 1.165) is 5.56 Å². The third-order valence-electron chi connectivity index (χ3n) is 5.05. The number of alkyl halides is 3. The van der Waals surface area contributed by atoms with Crippen molar-refractivity contribution in [2.45, 2.75) is 30.4 Å². The Labute approximate surface area is 187 Å². The summed E-state index contributed by atoms with van der Waals surface area (Å²) in [6, 6.07) is 10.5. The van der Waals surface area contributed by atoms with Crippen molar-refractivity contribution in [1.82, 2.24) is 9.97 Å². The van der Waals surface area contributed by atoms with Gasteiger partial charge in [0.05, 0.1) is 29.2 Å². The van der Waals surface area contributed by atoms with E-state index in [0.29, 0.717) is 0 Å². The molecule has 1 fully saturated rings. The molecule has 172 valence electrons. The summed E-state index contributed by atoms with van der Waals surface area (Å²) in [6.45, 7) is 0.818. The number of hydrogen-bond acceptors (Lipinski definition) is 8. The van der Waals surface area contributed by atoms with Crippen LogP contribution in [0.3, 0.4) is 0 Å². The molecule has 1 aliphatic heterocycles. The standard InChI is InChI=1S/C21H17F3N4O4S/c1-13-2-5-15(6-3-13)33(29,30)32-18-12-28(11-17(31-18)21(22,23)24)16-7-4-14(10-25)19-20(16)27-9-8-26-19/h2-9,17-18H,11-12H2,1H3/t17-,18-/m1/s1. The number of fused-ring (bicyclic) bond motifs is 1. The Morgan fingerprint density at radius 3 is 2.39 bits per heavy atom. The monoisotopic (exact) mass is 478 g/mol. The zero-order valence-corrected chi connectivity index (χ0v) is 18.0. The quantitative estimate of drug-likeness (QED) is 0.526. The van der Waals surface area contributed by atoms with Gasteiger partial charge >= 0.3 is 6.18 Å². The van der Waals surface area contributed by atoms with Gasteiger partial charge in [0.25, 0.3) is 10.1 Å². The van der Waals surface area contributed by atoms with Crippen LogP contribution >= 0.6 is 0 Å². The Hall–Kier alpha value is -3.27. The average Bonchev–Trinajstić information content (AvgIpc) is 2.77. The van der Waals surface area contributed by atoms with Crippen LogP contribution in [0, 0.1) is 18.3 Å². The molecule has 0 radical (unpaired) electrons. The summed E-state index contributed by atoms with van der Waals surface area (Å²) in [5, 5.41) is 9.29. The molecule has 1 aliphatic rings. The van der Waals surface area contributed by atoms with Gasteiger partial charge in [-0.2, -0.15) is 26.9 Å². The van der Waals surface area contributed by atoms with Crippen LogP contribution in [-0.4, -0.2) is 50.0 Å². The smallest absolute Gasteiger partial charge is 0.362 e. The van der Waals surface area contributed by atoms with Crippen LogP contribution in [0.15, 0.2) is 53.7 Å². The number of hydrogen-bond donors (Lipinski definition) is 0. The lowest BCUT2D eigenvalue weighted by Crippen LogP contribution is -2.54. The second-order valence-corrected chi connectivity index (χ2v) is 8.93. The first-order chi connectivity index (χ1) is 15.6. The molecule has 2 aromatic carbocycles.